The Morgan fingerprint density at radius 3 is 2.89 bits per heavy atom. The summed E-state index contributed by atoms with van der Waals surface area (Å²) >= 11 is 2.90. The van der Waals surface area contributed by atoms with Crippen molar-refractivity contribution in [2.45, 2.75) is 10.1 Å². The van der Waals surface area contributed by atoms with E-state index in [2.05, 4.69) is 20.8 Å². The quantitative estimate of drug-likeness (QED) is 0.846. The Kier molecular flexibility index (Phi) is 4.80. The maximum atomic E-state index is 11.9. The van der Waals surface area contributed by atoms with Crippen molar-refractivity contribution < 1.29 is 4.79 Å². The molecule has 100 valence electrons. The molecule has 0 aliphatic carbocycles. The number of benzene rings is 1. The zero-order chi connectivity index (χ0) is 13.7. The second-order valence-electron chi connectivity index (χ2n) is 3.62. The van der Waals surface area contributed by atoms with Crippen LogP contribution in [0.25, 0.3) is 0 Å². The molecule has 0 fully saturated rings. The highest BCUT2D eigenvalue weighted by Crippen LogP contribution is 2.24. The second kappa shape index (κ2) is 6.58. The zero-order valence-electron chi connectivity index (χ0n) is 10.5. The molecule has 0 unspecified atom stereocenters. The van der Waals surface area contributed by atoms with Crippen LogP contribution in [0.3, 0.4) is 0 Å². The molecule has 1 amide bonds. The van der Waals surface area contributed by atoms with Crippen LogP contribution in [-0.2, 0) is 11.8 Å². The standard InChI is InChI=1S/C11H13N5OS2/c1-16-11(13-14-15-16)19-7-10(17)12-8-5-3-4-6-9(8)18-2/h3-6H,7H2,1-2H3,(H,12,17). The van der Waals surface area contributed by atoms with Gasteiger partial charge in [-0.2, -0.15) is 0 Å². The summed E-state index contributed by atoms with van der Waals surface area (Å²) in [5.41, 5.74) is 0.830. The van der Waals surface area contributed by atoms with Crippen LogP contribution in [0.2, 0.25) is 0 Å². The number of nitrogens with one attached hydrogen (secondary N) is 1. The summed E-state index contributed by atoms with van der Waals surface area (Å²) in [6.07, 6.45) is 1.98. The van der Waals surface area contributed by atoms with E-state index in [4.69, 9.17) is 0 Å². The fourth-order valence-electron chi connectivity index (χ4n) is 1.41. The Labute approximate surface area is 119 Å². The van der Waals surface area contributed by atoms with E-state index in [1.54, 1.807) is 18.8 Å². The van der Waals surface area contributed by atoms with Crippen LogP contribution in [0.1, 0.15) is 0 Å². The van der Waals surface area contributed by atoms with Gasteiger partial charge in [-0.15, -0.1) is 16.9 Å². The number of anilines is 1. The van der Waals surface area contributed by atoms with Gasteiger partial charge in [0, 0.05) is 11.9 Å². The van der Waals surface area contributed by atoms with Crippen LogP contribution in [-0.4, -0.2) is 38.1 Å². The van der Waals surface area contributed by atoms with Gasteiger partial charge in [-0.1, -0.05) is 23.9 Å². The number of carbonyl (C=O) groups is 1. The minimum atomic E-state index is -0.0745. The van der Waals surface area contributed by atoms with E-state index in [9.17, 15) is 4.79 Å². The van der Waals surface area contributed by atoms with E-state index in [1.165, 1.54) is 16.4 Å². The fraction of sp³-hybridized carbons (Fsp3) is 0.273. The Morgan fingerprint density at radius 1 is 1.42 bits per heavy atom. The summed E-state index contributed by atoms with van der Waals surface area (Å²) in [4.78, 5) is 12.9. The van der Waals surface area contributed by atoms with Crippen LogP contribution in [0.4, 0.5) is 5.69 Å². The fourth-order valence-corrected chi connectivity index (χ4v) is 2.61. The van der Waals surface area contributed by atoms with Gasteiger partial charge in [0.25, 0.3) is 0 Å². The van der Waals surface area contributed by atoms with E-state index in [1.807, 2.05) is 30.5 Å². The van der Waals surface area contributed by atoms with E-state index in [0.717, 1.165) is 10.6 Å². The Balaban J connectivity index is 1.93. The molecule has 2 rings (SSSR count). The van der Waals surface area contributed by atoms with Crippen LogP contribution >= 0.6 is 23.5 Å². The maximum absolute atomic E-state index is 11.9. The summed E-state index contributed by atoms with van der Waals surface area (Å²) in [6, 6.07) is 7.70. The number of aromatic nitrogens is 4. The molecule has 0 radical (unpaired) electrons. The summed E-state index contributed by atoms with van der Waals surface area (Å²) in [5.74, 6) is 0.200. The highest BCUT2D eigenvalue weighted by molar-refractivity contribution is 7.99. The lowest BCUT2D eigenvalue weighted by Crippen LogP contribution is -2.15. The van der Waals surface area contributed by atoms with Crippen LogP contribution in [0.5, 0.6) is 0 Å². The first-order valence-electron chi connectivity index (χ1n) is 5.48. The summed E-state index contributed by atoms with van der Waals surface area (Å²) in [5, 5.41) is 14.5. The SMILES string of the molecule is CSc1ccccc1NC(=O)CSc1nnnn1C. The van der Waals surface area contributed by atoms with Gasteiger partial charge in [-0.05, 0) is 28.8 Å². The minimum absolute atomic E-state index is 0.0745. The summed E-state index contributed by atoms with van der Waals surface area (Å²) < 4.78 is 1.54. The van der Waals surface area contributed by atoms with Crippen molar-refractivity contribution in [1.29, 1.82) is 0 Å². The molecule has 1 aromatic carbocycles. The molecule has 0 spiro atoms. The average Bonchev–Trinajstić information content (AvgIpc) is 2.82. The van der Waals surface area contributed by atoms with Gasteiger partial charge in [0.05, 0.1) is 11.4 Å². The van der Waals surface area contributed by atoms with Gasteiger partial charge in [-0.25, -0.2) is 4.68 Å². The van der Waals surface area contributed by atoms with E-state index in [-0.39, 0.29) is 11.7 Å². The number of para-hydroxylation sites is 1. The molecule has 0 saturated heterocycles. The number of hydrogen-bond donors (Lipinski definition) is 1. The molecule has 6 nitrogen and oxygen atoms in total. The van der Waals surface area contributed by atoms with Gasteiger partial charge in [-0.3, -0.25) is 4.79 Å². The van der Waals surface area contributed by atoms with Crippen LogP contribution in [0, 0.1) is 0 Å². The third kappa shape index (κ3) is 3.71. The van der Waals surface area contributed by atoms with Crippen molar-refractivity contribution in [1.82, 2.24) is 20.2 Å². The first-order valence-corrected chi connectivity index (χ1v) is 7.69. The third-order valence-electron chi connectivity index (χ3n) is 2.29. The van der Waals surface area contributed by atoms with E-state index < -0.39 is 0 Å². The van der Waals surface area contributed by atoms with Gasteiger partial charge in [0.2, 0.25) is 11.1 Å². The van der Waals surface area contributed by atoms with Crippen LogP contribution < -0.4 is 5.32 Å². The predicted molar refractivity (Wildman–Crippen MR) is 76.4 cm³/mol. The number of thioether (sulfide) groups is 2. The van der Waals surface area contributed by atoms with Crippen molar-refractivity contribution in [3.05, 3.63) is 24.3 Å². The molecule has 2 aromatic rings. The Morgan fingerprint density at radius 2 is 2.21 bits per heavy atom. The number of nitrogens with zero attached hydrogens (tertiary/aromatic N) is 4. The molecule has 0 aliphatic rings. The summed E-state index contributed by atoms with van der Waals surface area (Å²) in [6.45, 7) is 0. The number of amides is 1. The molecule has 8 heteroatoms. The molecule has 1 aromatic heterocycles. The number of rotatable bonds is 5. The zero-order valence-corrected chi connectivity index (χ0v) is 12.2. The smallest absolute Gasteiger partial charge is 0.234 e. The first-order chi connectivity index (χ1) is 9.20. The Bertz CT molecular complexity index is 572. The number of carbonyl (C=O) groups excluding carboxylic acids is 1. The molecule has 0 saturated carbocycles. The topological polar surface area (TPSA) is 72.7 Å². The van der Waals surface area contributed by atoms with Gasteiger partial charge in [0.15, 0.2) is 0 Å². The normalized spacial score (nSPS) is 10.4. The molecule has 0 bridgehead atoms. The molecule has 19 heavy (non-hydrogen) atoms. The lowest BCUT2D eigenvalue weighted by molar-refractivity contribution is -0.113. The molecule has 1 heterocycles. The van der Waals surface area contributed by atoms with Gasteiger partial charge < -0.3 is 5.32 Å². The Hall–Kier alpha value is -1.54. The molecular weight excluding hydrogens is 282 g/mol. The van der Waals surface area contributed by atoms with Crippen molar-refractivity contribution in [3.8, 4) is 0 Å². The average molecular weight is 295 g/mol. The lowest BCUT2D eigenvalue weighted by Gasteiger charge is -2.08. The minimum Gasteiger partial charge on any atom is -0.324 e. The molecule has 0 aliphatic heterocycles. The van der Waals surface area contributed by atoms with Gasteiger partial charge in [0.1, 0.15) is 0 Å². The van der Waals surface area contributed by atoms with Crippen molar-refractivity contribution >= 4 is 35.1 Å². The van der Waals surface area contributed by atoms with E-state index in [0.29, 0.717) is 5.16 Å². The summed E-state index contributed by atoms with van der Waals surface area (Å²) in [7, 11) is 1.74. The van der Waals surface area contributed by atoms with E-state index >= 15 is 0 Å². The van der Waals surface area contributed by atoms with Crippen molar-refractivity contribution in [3.63, 3.8) is 0 Å². The lowest BCUT2D eigenvalue weighted by atomic mass is 10.3. The first kappa shape index (κ1) is 13.9. The van der Waals surface area contributed by atoms with Crippen LogP contribution in [0.15, 0.2) is 34.3 Å². The molecular formula is C11H13N5OS2. The highest BCUT2D eigenvalue weighted by atomic mass is 32.2. The number of tetrazole rings is 1. The second-order valence-corrected chi connectivity index (χ2v) is 5.41. The monoisotopic (exact) mass is 295 g/mol. The number of hydrogen-bond acceptors (Lipinski definition) is 6. The third-order valence-corrected chi connectivity index (χ3v) is 4.10. The van der Waals surface area contributed by atoms with Crippen molar-refractivity contribution in [2.24, 2.45) is 7.05 Å². The van der Waals surface area contributed by atoms with Crippen molar-refractivity contribution in [2.75, 3.05) is 17.3 Å². The number of aryl methyl sites for hydroxylation is 1. The predicted octanol–water partition coefficient (Wildman–Crippen LogP) is 1.66. The molecule has 1 N–H and O–H groups in total. The van der Waals surface area contributed by atoms with Gasteiger partial charge >= 0.3 is 0 Å². The maximum Gasteiger partial charge on any atom is 0.234 e. The highest BCUT2D eigenvalue weighted by Gasteiger charge is 2.09. The molecule has 0 atom stereocenters. The largest absolute Gasteiger partial charge is 0.324 e.